The summed E-state index contributed by atoms with van der Waals surface area (Å²) in [5.74, 6) is 1.59. The first-order chi connectivity index (χ1) is 14.7. The minimum atomic E-state index is -0.115. The van der Waals surface area contributed by atoms with Crippen molar-refractivity contribution in [2.24, 2.45) is 0 Å². The Hall–Kier alpha value is -3.17. The van der Waals surface area contributed by atoms with Crippen LogP contribution < -0.4 is 5.32 Å². The summed E-state index contributed by atoms with van der Waals surface area (Å²) in [6, 6.07) is 16.4. The Morgan fingerprint density at radius 3 is 2.67 bits per heavy atom. The Kier molecular flexibility index (Phi) is 6.41. The fraction of sp³-hybridized carbons (Fsp3) is 0.150. The van der Waals surface area contributed by atoms with Crippen molar-refractivity contribution in [3.63, 3.8) is 0 Å². The lowest BCUT2D eigenvalue weighted by Crippen LogP contribution is -2.12. The second-order valence-electron chi connectivity index (χ2n) is 6.19. The van der Waals surface area contributed by atoms with Gasteiger partial charge in [0.25, 0.3) is 5.22 Å². The van der Waals surface area contributed by atoms with E-state index >= 15 is 0 Å². The van der Waals surface area contributed by atoms with Crippen LogP contribution in [0.3, 0.4) is 0 Å². The van der Waals surface area contributed by atoms with Crippen molar-refractivity contribution in [3.05, 3.63) is 71.3 Å². The molecular weight excluding hydrogens is 426 g/mol. The fourth-order valence-corrected chi connectivity index (χ4v) is 3.25. The number of aryl methyl sites for hydroxylation is 1. The highest BCUT2D eigenvalue weighted by atomic mass is 35.5. The molecule has 0 aliphatic rings. The van der Waals surface area contributed by atoms with E-state index in [1.807, 2.05) is 42.5 Å². The van der Waals surface area contributed by atoms with Gasteiger partial charge in [0.05, 0.1) is 5.75 Å². The Bertz CT molecular complexity index is 1110. The van der Waals surface area contributed by atoms with Crippen LogP contribution in [0.4, 0.5) is 5.69 Å². The molecule has 2 aromatic heterocycles. The van der Waals surface area contributed by atoms with Crippen molar-refractivity contribution in [1.29, 1.82) is 0 Å². The van der Waals surface area contributed by atoms with Crippen molar-refractivity contribution >= 4 is 35.0 Å². The highest BCUT2D eigenvalue weighted by Gasteiger charge is 2.13. The van der Waals surface area contributed by atoms with E-state index < -0.39 is 0 Å². The summed E-state index contributed by atoms with van der Waals surface area (Å²) in [4.78, 5) is 16.3. The van der Waals surface area contributed by atoms with Gasteiger partial charge >= 0.3 is 0 Å². The molecule has 0 aliphatic heterocycles. The predicted octanol–water partition coefficient (Wildman–Crippen LogP) is 4.64. The van der Waals surface area contributed by atoms with Crippen molar-refractivity contribution in [3.8, 4) is 11.5 Å². The second kappa shape index (κ2) is 9.55. The number of carbonyl (C=O) groups excluding carboxylic acids is 1. The monoisotopic (exact) mass is 441 g/mol. The van der Waals surface area contributed by atoms with Crippen LogP contribution in [0.1, 0.15) is 18.1 Å². The van der Waals surface area contributed by atoms with Gasteiger partial charge in [-0.25, -0.2) is 0 Å². The highest BCUT2D eigenvalue weighted by molar-refractivity contribution is 7.98. The zero-order valence-electron chi connectivity index (χ0n) is 15.6. The summed E-state index contributed by atoms with van der Waals surface area (Å²) in [5.41, 5.74) is 1.54. The number of anilines is 1. The molecule has 8 nitrogen and oxygen atoms in total. The fourth-order valence-electron chi connectivity index (χ4n) is 2.52. The van der Waals surface area contributed by atoms with E-state index in [4.69, 9.17) is 20.5 Å². The summed E-state index contributed by atoms with van der Waals surface area (Å²) in [7, 11) is 0. The number of rotatable bonds is 8. The average molecular weight is 442 g/mol. The van der Waals surface area contributed by atoms with Crippen LogP contribution in [0.2, 0.25) is 5.02 Å². The minimum Gasteiger partial charge on any atom is -0.411 e. The molecular formula is C20H16ClN5O3S. The number of benzene rings is 2. The Morgan fingerprint density at radius 2 is 1.87 bits per heavy atom. The van der Waals surface area contributed by atoms with Gasteiger partial charge in [0.2, 0.25) is 17.7 Å². The van der Waals surface area contributed by atoms with Crippen LogP contribution in [0.25, 0.3) is 11.5 Å². The van der Waals surface area contributed by atoms with E-state index in [0.717, 1.165) is 11.3 Å². The molecule has 10 heteroatoms. The Morgan fingerprint density at radius 1 is 1.07 bits per heavy atom. The standard InChI is InChI=1S/C20H16ClN5O3S/c21-14-8-6-13(7-9-14)19-24-25-20(28-19)30-12-16-23-18(29-26-16)11-10-17(27)22-15-4-2-1-3-5-15/h1-9H,10-12H2,(H,22,27). The normalized spacial score (nSPS) is 10.8. The SMILES string of the molecule is O=C(CCc1nc(CSc2nnc(-c3ccc(Cl)cc3)o2)no1)Nc1ccccc1. The highest BCUT2D eigenvalue weighted by Crippen LogP contribution is 2.26. The molecule has 1 amide bonds. The Balaban J connectivity index is 1.26. The maximum absolute atomic E-state index is 12.0. The summed E-state index contributed by atoms with van der Waals surface area (Å²) in [5, 5.41) is 15.8. The van der Waals surface area contributed by atoms with E-state index in [1.165, 1.54) is 11.8 Å². The van der Waals surface area contributed by atoms with Gasteiger partial charge in [-0.1, -0.05) is 46.7 Å². The number of halogens is 1. The maximum atomic E-state index is 12.0. The number of amides is 1. The van der Waals surface area contributed by atoms with Crippen LogP contribution in [0.5, 0.6) is 0 Å². The molecule has 0 fully saturated rings. The lowest BCUT2D eigenvalue weighted by molar-refractivity contribution is -0.116. The van der Waals surface area contributed by atoms with Crippen molar-refractivity contribution < 1.29 is 13.7 Å². The number of para-hydroxylation sites is 1. The van der Waals surface area contributed by atoms with Crippen LogP contribution >= 0.6 is 23.4 Å². The number of aromatic nitrogens is 4. The van der Waals surface area contributed by atoms with E-state index in [-0.39, 0.29) is 12.3 Å². The summed E-state index contributed by atoms with van der Waals surface area (Å²) in [6.45, 7) is 0. The van der Waals surface area contributed by atoms with Crippen LogP contribution in [-0.4, -0.2) is 26.2 Å². The number of carbonyl (C=O) groups is 1. The number of hydrogen-bond donors (Lipinski definition) is 1. The molecule has 0 spiro atoms. The van der Waals surface area contributed by atoms with Gasteiger partial charge in [-0.3, -0.25) is 4.79 Å². The number of nitrogens with zero attached hydrogens (tertiary/aromatic N) is 4. The van der Waals surface area contributed by atoms with Crippen LogP contribution in [0.15, 0.2) is 68.8 Å². The van der Waals surface area contributed by atoms with E-state index in [1.54, 1.807) is 12.1 Å². The molecule has 30 heavy (non-hydrogen) atoms. The van der Waals surface area contributed by atoms with E-state index in [2.05, 4.69) is 25.7 Å². The number of nitrogens with one attached hydrogen (secondary N) is 1. The molecule has 0 unspecified atom stereocenters. The molecule has 0 atom stereocenters. The van der Waals surface area contributed by atoms with Gasteiger partial charge in [-0.2, -0.15) is 4.98 Å². The van der Waals surface area contributed by atoms with Crippen LogP contribution in [0, 0.1) is 0 Å². The maximum Gasteiger partial charge on any atom is 0.277 e. The molecule has 2 aromatic carbocycles. The minimum absolute atomic E-state index is 0.115. The van der Waals surface area contributed by atoms with Gasteiger partial charge < -0.3 is 14.3 Å². The summed E-state index contributed by atoms with van der Waals surface area (Å²) in [6.07, 6.45) is 0.607. The van der Waals surface area contributed by atoms with Gasteiger partial charge in [-0.05, 0) is 36.4 Å². The molecule has 0 saturated carbocycles. The third-order valence-electron chi connectivity index (χ3n) is 3.96. The van der Waals surface area contributed by atoms with Crippen molar-refractivity contribution in [2.75, 3.05) is 5.32 Å². The number of hydrogen-bond acceptors (Lipinski definition) is 8. The molecule has 4 rings (SSSR count). The Labute approximate surface area is 181 Å². The lowest BCUT2D eigenvalue weighted by atomic mass is 10.2. The molecule has 4 aromatic rings. The van der Waals surface area contributed by atoms with Gasteiger partial charge in [0.15, 0.2) is 5.82 Å². The van der Waals surface area contributed by atoms with Crippen LogP contribution in [-0.2, 0) is 17.0 Å². The molecule has 0 aliphatic carbocycles. The van der Waals surface area contributed by atoms with Gasteiger partial charge in [0.1, 0.15) is 0 Å². The zero-order chi connectivity index (χ0) is 20.8. The van der Waals surface area contributed by atoms with E-state index in [0.29, 0.717) is 40.0 Å². The largest absolute Gasteiger partial charge is 0.411 e. The first-order valence-electron chi connectivity index (χ1n) is 9.04. The van der Waals surface area contributed by atoms with Crippen molar-refractivity contribution in [2.45, 2.75) is 23.8 Å². The summed E-state index contributed by atoms with van der Waals surface area (Å²) >= 11 is 7.19. The molecule has 2 heterocycles. The third-order valence-corrected chi connectivity index (χ3v) is 5.02. The number of thioether (sulfide) groups is 1. The molecule has 0 bridgehead atoms. The smallest absolute Gasteiger partial charge is 0.277 e. The lowest BCUT2D eigenvalue weighted by Gasteiger charge is -2.02. The zero-order valence-corrected chi connectivity index (χ0v) is 17.2. The molecule has 0 saturated heterocycles. The van der Waals surface area contributed by atoms with E-state index in [9.17, 15) is 4.79 Å². The van der Waals surface area contributed by atoms with Crippen molar-refractivity contribution in [1.82, 2.24) is 20.3 Å². The quantitative estimate of drug-likeness (QED) is 0.394. The average Bonchev–Trinajstić information content (AvgIpc) is 3.42. The first kappa shape index (κ1) is 20.1. The third kappa shape index (κ3) is 5.46. The molecule has 152 valence electrons. The molecule has 0 radical (unpaired) electrons. The first-order valence-corrected chi connectivity index (χ1v) is 10.4. The second-order valence-corrected chi connectivity index (χ2v) is 7.55. The summed E-state index contributed by atoms with van der Waals surface area (Å²) < 4.78 is 10.8. The predicted molar refractivity (Wildman–Crippen MR) is 112 cm³/mol. The van der Waals surface area contributed by atoms with Gasteiger partial charge in [0, 0.05) is 29.1 Å². The topological polar surface area (TPSA) is 107 Å². The molecule has 1 N–H and O–H groups in total. The van der Waals surface area contributed by atoms with Gasteiger partial charge in [-0.15, -0.1) is 10.2 Å².